The molecule has 1 aliphatic carbocycles. The van der Waals surface area contributed by atoms with E-state index in [0.29, 0.717) is 12.5 Å². The summed E-state index contributed by atoms with van der Waals surface area (Å²) in [4.78, 5) is 19.9. The SMILES string of the molecule is COC[C@H]1CCCN1C(=O)c1cc(C2CC2)nc2ccccc12. The number of likely N-dealkylation sites (tertiary alicyclic amines) is 1. The second-order valence-electron chi connectivity index (χ2n) is 6.64. The highest BCUT2D eigenvalue weighted by Crippen LogP contribution is 2.40. The van der Waals surface area contributed by atoms with Gasteiger partial charge >= 0.3 is 0 Å². The van der Waals surface area contributed by atoms with Crippen molar-refractivity contribution in [2.45, 2.75) is 37.6 Å². The molecule has 1 aliphatic heterocycles. The van der Waals surface area contributed by atoms with Crippen molar-refractivity contribution in [1.29, 1.82) is 0 Å². The summed E-state index contributed by atoms with van der Waals surface area (Å²) >= 11 is 0. The second-order valence-corrected chi connectivity index (χ2v) is 6.64. The summed E-state index contributed by atoms with van der Waals surface area (Å²) in [6.45, 7) is 1.44. The van der Waals surface area contributed by atoms with Crippen LogP contribution in [0.1, 0.15) is 47.7 Å². The molecule has 0 N–H and O–H groups in total. The van der Waals surface area contributed by atoms with E-state index < -0.39 is 0 Å². The Kier molecular flexibility index (Phi) is 3.77. The Labute approximate surface area is 136 Å². The van der Waals surface area contributed by atoms with Gasteiger partial charge in [-0.2, -0.15) is 0 Å². The Balaban J connectivity index is 1.76. The van der Waals surface area contributed by atoms with E-state index in [9.17, 15) is 4.79 Å². The maximum atomic E-state index is 13.2. The first kappa shape index (κ1) is 14.6. The third kappa shape index (κ3) is 2.72. The minimum Gasteiger partial charge on any atom is -0.383 e. The fourth-order valence-corrected chi connectivity index (χ4v) is 3.58. The molecule has 0 bridgehead atoms. The standard InChI is InChI=1S/C19H22N2O2/c1-23-12-14-5-4-10-21(14)19(22)16-11-18(13-8-9-13)20-17-7-3-2-6-15(16)17/h2-3,6-7,11,13-14H,4-5,8-10,12H2,1H3/t14-/m1/s1. The number of methoxy groups -OCH3 is 1. The van der Waals surface area contributed by atoms with E-state index in [1.165, 1.54) is 12.8 Å². The smallest absolute Gasteiger partial charge is 0.254 e. The molecule has 2 aromatic rings. The first-order valence-corrected chi connectivity index (χ1v) is 8.47. The molecule has 1 aromatic carbocycles. The van der Waals surface area contributed by atoms with Gasteiger partial charge in [0.1, 0.15) is 0 Å². The summed E-state index contributed by atoms with van der Waals surface area (Å²) in [7, 11) is 1.70. The Hall–Kier alpha value is -1.94. The van der Waals surface area contributed by atoms with Crippen LogP contribution < -0.4 is 0 Å². The molecule has 1 saturated heterocycles. The van der Waals surface area contributed by atoms with E-state index in [2.05, 4.69) is 0 Å². The molecule has 2 fully saturated rings. The highest BCUT2D eigenvalue weighted by molar-refractivity contribution is 6.06. The number of pyridine rings is 1. The third-order valence-electron chi connectivity index (χ3n) is 4.96. The lowest BCUT2D eigenvalue weighted by Crippen LogP contribution is -2.38. The molecule has 1 saturated carbocycles. The highest BCUT2D eigenvalue weighted by atomic mass is 16.5. The Morgan fingerprint density at radius 2 is 2.13 bits per heavy atom. The maximum absolute atomic E-state index is 13.2. The molecule has 23 heavy (non-hydrogen) atoms. The van der Waals surface area contributed by atoms with E-state index in [1.54, 1.807) is 7.11 Å². The van der Waals surface area contributed by atoms with Gasteiger partial charge in [-0.15, -0.1) is 0 Å². The number of hydrogen-bond donors (Lipinski definition) is 0. The van der Waals surface area contributed by atoms with Crippen LogP contribution in [0.2, 0.25) is 0 Å². The quantitative estimate of drug-likeness (QED) is 0.869. The first-order valence-electron chi connectivity index (χ1n) is 8.47. The predicted molar refractivity (Wildman–Crippen MR) is 89.7 cm³/mol. The first-order chi connectivity index (χ1) is 11.3. The summed E-state index contributed by atoms with van der Waals surface area (Å²) in [5.74, 6) is 0.671. The highest BCUT2D eigenvalue weighted by Gasteiger charge is 2.32. The molecule has 2 aliphatic rings. The summed E-state index contributed by atoms with van der Waals surface area (Å²) < 4.78 is 5.30. The number of fused-ring (bicyclic) bond motifs is 1. The van der Waals surface area contributed by atoms with Crippen molar-refractivity contribution in [2.75, 3.05) is 20.3 Å². The zero-order chi connectivity index (χ0) is 15.8. The molecule has 4 nitrogen and oxygen atoms in total. The van der Waals surface area contributed by atoms with Crippen LogP contribution in [0.25, 0.3) is 10.9 Å². The molecule has 0 radical (unpaired) electrons. The van der Waals surface area contributed by atoms with Crippen molar-refractivity contribution < 1.29 is 9.53 Å². The van der Waals surface area contributed by atoms with Crippen molar-refractivity contribution in [3.8, 4) is 0 Å². The zero-order valence-corrected chi connectivity index (χ0v) is 13.5. The van der Waals surface area contributed by atoms with Gasteiger partial charge in [-0.25, -0.2) is 0 Å². The largest absolute Gasteiger partial charge is 0.383 e. The van der Waals surface area contributed by atoms with E-state index in [0.717, 1.165) is 41.5 Å². The predicted octanol–water partition coefficient (Wildman–Crippen LogP) is 3.36. The van der Waals surface area contributed by atoms with Crippen LogP contribution in [0, 0.1) is 0 Å². The molecular weight excluding hydrogens is 288 g/mol. The molecule has 1 amide bonds. The Morgan fingerprint density at radius 1 is 1.30 bits per heavy atom. The number of ether oxygens (including phenoxy) is 1. The minimum atomic E-state index is 0.130. The summed E-state index contributed by atoms with van der Waals surface area (Å²) in [6, 6.07) is 10.2. The van der Waals surface area contributed by atoms with Crippen LogP contribution in [-0.4, -0.2) is 42.1 Å². The number of nitrogens with zero attached hydrogens (tertiary/aromatic N) is 2. The number of amides is 1. The van der Waals surface area contributed by atoms with Gasteiger partial charge in [0.2, 0.25) is 0 Å². The van der Waals surface area contributed by atoms with Crippen molar-refractivity contribution in [3.63, 3.8) is 0 Å². The van der Waals surface area contributed by atoms with Crippen molar-refractivity contribution >= 4 is 16.8 Å². The van der Waals surface area contributed by atoms with E-state index >= 15 is 0 Å². The lowest BCUT2D eigenvalue weighted by Gasteiger charge is -2.25. The number of rotatable bonds is 4. The van der Waals surface area contributed by atoms with Crippen LogP contribution in [0.4, 0.5) is 0 Å². The van der Waals surface area contributed by atoms with Gasteiger partial charge < -0.3 is 9.64 Å². The lowest BCUT2D eigenvalue weighted by molar-refractivity contribution is 0.0632. The Bertz CT molecular complexity index is 739. The van der Waals surface area contributed by atoms with Gasteiger partial charge in [0.15, 0.2) is 0 Å². The van der Waals surface area contributed by atoms with Crippen molar-refractivity contribution in [2.24, 2.45) is 0 Å². The monoisotopic (exact) mass is 310 g/mol. The normalized spacial score (nSPS) is 21.1. The maximum Gasteiger partial charge on any atom is 0.254 e. The average molecular weight is 310 g/mol. The van der Waals surface area contributed by atoms with Gasteiger partial charge in [0, 0.05) is 30.7 Å². The number of benzene rings is 1. The van der Waals surface area contributed by atoms with Gasteiger partial charge in [-0.3, -0.25) is 9.78 Å². The molecule has 1 atom stereocenters. The number of para-hydroxylation sites is 1. The van der Waals surface area contributed by atoms with E-state index in [-0.39, 0.29) is 11.9 Å². The van der Waals surface area contributed by atoms with Crippen molar-refractivity contribution in [3.05, 3.63) is 41.6 Å². The second kappa shape index (κ2) is 5.93. The molecule has 120 valence electrons. The lowest BCUT2D eigenvalue weighted by atomic mass is 10.0. The summed E-state index contributed by atoms with van der Waals surface area (Å²) in [5, 5.41) is 0.963. The molecule has 0 spiro atoms. The topological polar surface area (TPSA) is 42.4 Å². The van der Waals surface area contributed by atoms with Gasteiger partial charge in [-0.1, -0.05) is 18.2 Å². The fourth-order valence-electron chi connectivity index (χ4n) is 3.58. The number of carbonyl (C=O) groups excluding carboxylic acids is 1. The van der Waals surface area contributed by atoms with E-state index in [4.69, 9.17) is 9.72 Å². The zero-order valence-electron chi connectivity index (χ0n) is 13.5. The molecule has 1 aromatic heterocycles. The van der Waals surface area contributed by atoms with Crippen LogP contribution >= 0.6 is 0 Å². The Morgan fingerprint density at radius 3 is 2.91 bits per heavy atom. The van der Waals surface area contributed by atoms with Gasteiger partial charge in [0.05, 0.1) is 23.7 Å². The van der Waals surface area contributed by atoms with E-state index in [1.807, 2.05) is 35.2 Å². The number of aromatic nitrogens is 1. The van der Waals surface area contributed by atoms with Gasteiger partial charge in [0.25, 0.3) is 5.91 Å². The summed E-state index contributed by atoms with van der Waals surface area (Å²) in [5.41, 5.74) is 2.82. The minimum absolute atomic E-state index is 0.130. The number of hydrogen-bond acceptors (Lipinski definition) is 3. The number of carbonyl (C=O) groups is 1. The molecule has 4 heteroatoms. The third-order valence-corrected chi connectivity index (χ3v) is 4.96. The van der Waals surface area contributed by atoms with Crippen LogP contribution in [-0.2, 0) is 4.74 Å². The fraction of sp³-hybridized carbons (Fsp3) is 0.474. The summed E-state index contributed by atoms with van der Waals surface area (Å²) in [6.07, 6.45) is 4.46. The molecule has 2 heterocycles. The van der Waals surface area contributed by atoms with Crippen LogP contribution in [0.15, 0.2) is 30.3 Å². The molecular formula is C19H22N2O2. The average Bonchev–Trinajstić information content (AvgIpc) is 3.33. The van der Waals surface area contributed by atoms with Crippen LogP contribution in [0.5, 0.6) is 0 Å². The molecule has 0 unspecified atom stereocenters. The van der Waals surface area contributed by atoms with Gasteiger partial charge in [-0.05, 0) is 37.8 Å². The van der Waals surface area contributed by atoms with Crippen LogP contribution in [0.3, 0.4) is 0 Å². The van der Waals surface area contributed by atoms with Crippen molar-refractivity contribution in [1.82, 2.24) is 9.88 Å². The molecule has 4 rings (SSSR count).